The van der Waals surface area contributed by atoms with Crippen LogP contribution >= 0.6 is 0 Å². The van der Waals surface area contributed by atoms with Crippen LogP contribution in [0.2, 0.25) is 0 Å². The molecule has 0 aliphatic heterocycles. The van der Waals surface area contributed by atoms with Gasteiger partial charge in [0, 0.05) is 5.41 Å². The molecule has 2 heteroatoms. The maximum absolute atomic E-state index is 9.74. The van der Waals surface area contributed by atoms with Crippen molar-refractivity contribution in [2.75, 3.05) is 6.61 Å². The van der Waals surface area contributed by atoms with Crippen molar-refractivity contribution in [3.05, 3.63) is 0 Å². The predicted molar refractivity (Wildman–Crippen MR) is 44.2 cm³/mol. The second kappa shape index (κ2) is 3.11. The molecule has 1 saturated carbocycles. The Labute approximate surface area is 68.2 Å². The molecule has 0 aromatic carbocycles. The van der Waals surface area contributed by atoms with Crippen molar-refractivity contribution < 1.29 is 10.2 Å². The van der Waals surface area contributed by atoms with Gasteiger partial charge in [-0.3, -0.25) is 0 Å². The topological polar surface area (TPSA) is 40.5 Å². The Morgan fingerprint density at radius 3 is 2.00 bits per heavy atom. The molecular formula is C9H18O2. The molecule has 2 nitrogen and oxygen atoms in total. The molecule has 1 unspecified atom stereocenters. The van der Waals surface area contributed by atoms with Crippen LogP contribution in [0.5, 0.6) is 0 Å². The van der Waals surface area contributed by atoms with E-state index in [1.54, 1.807) is 0 Å². The molecule has 1 aliphatic rings. The van der Waals surface area contributed by atoms with Gasteiger partial charge < -0.3 is 10.2 Å². The zero-order valence-corrected chi connectivity index (χ0v) is 7.38. The second-order valence-corrected chi connectivity index (χ2v) is 4.06. The molecule has 1 atom stereocenters. The van der Waals surface area contributed by atoms with Gasteiger partial charge in [0.05, 0.1) is 12.7 Å². The van der Waals surface area contributed by atoms with Crippen molar-refractivity contribution in [1.29, 1.82) is 0 Å². The molecule has 0 spiro atoms. The molecule has 0 saturated heterocycles. The highest BCUT2D eigenvalue weighted by atomic mass is 16.3. The molecule has 1 rings (SSSR count). The summed E-state index contributed by atoms with van der Waals surface area (Å²) in [5, 5.41) is 18.8. The largest absolute Gasteiger partial charge is 0.396 e. The van der Waals surface area contributed by atoms with E-state index in [1.165, 1.54) is 0 Å². The quantitative estimate of drug-likeness (QED) is 0.647. The first-order valence-electron chi connectivity index (χ1n) is 4.41. The number of aliphatic hydroxyl groups excluding tert-OH is 2. The fourth-order valence-corrected chi connectivity index (χ4v) is 1.89. The standard InChI is InChI=1S/C9H18O2/c1-7(2)8(11)9(6-10)4-3-5-9/h7-8,10-11H,3-6H2,1-2H3. The third-order valence-corrected chi connectivity index (χ3v) is 2.92. The average Bonchev–Trinajstić information content (AvgIpc) is 1.86. The van der Waals surface area contributed by atoms with E-state index in [4.69, 9.17) is 5.11 Å². The lowest BCUT2D eigenvalue weighted by Gasteiger charge is -2.45. The normalized spacial score (nSPS) is 24.8. The SMILES string of the molecule is CC(C)C(O)C1(CO)CCC1. The predicted octanol–water partition coefficient (Wildman–Crippen LogP) is 1.17. The molecule has 2 N–H and O–H groups in total. The maximum atomic E-state index is 9.74. The summed E-state index contributed by atoms with van der Waals surface area (Å²) in [5.74, 6) is 0.266. The summed E-state index contributed by atoms with van der Waals surface area (Å²) in [6, 6.07) is 0. The highest BCUT2D eigenvalue weighted by Gasteiger charge is 2.43. The van der Waals surface area contributed by atoms with Crippen LogP contribution in [0.15, 0.2) is 0 Å². The summed E-state index contributed by atoms with van der Waals surface area (Å²) >= 11 is 0. The van der Waals surface area contributed by atoms with E-state index in [0.717, 1.165) is 19.3 Å². The Kier molecular flexibility index (Phi) is 2.55. The van der Waals surface area contributed by atoms with Crippen molar-refractivity contribution in [3.8, 4) is 0 Å². The first kappa shape index (κ1) is 9.01. The fraction of sp³-hybridized carbons (Fsp3) is 1.00. The minimum Gasteiger partial charge on any atom is -0.396 e. The molecule has 0 heterocycles. The lowest BCUT2D eigenvalue weighted by Crippen LogP contribution is -2.46. The maximum Gasteiger partial charge on any atom is 0.0641 e. The first-order valence-corrected chi connectivity index (χ1v) is 4.41. The van der Waals surface area contributed by atoms with Crippen LogP contribution in [0, 0.1) is 11.3 Å². The van der Waals surface area contributed by atoms with Gasteiger partial charge in [-0.2, -0.15) is 0 Å². The van der Waals surface area contributed by atoms with E-state index in [0.29, 0.717) is 0 Å². The van der Waals surface area contributed by atoms with Gasteiger partial charge in [-0.15, -0.1) is 0 Å². The van der Waals surface area contributed by atoms with Gasteiger partial charge >= 0.3 is 0 Å². The molecule has 0 bridgehead atoms. The Hall–Kier alpha value is -0.0800. The molecular weight excluding hydrogens is 140 g/mol. The zero-order chi connectivity index (χ0) is 8.48. The number of hydrogen-bond donors (Lipinski definition) is 2. The summed E-state index contributed by atoms with van der Waals surface area (Å²) in [5.41, 5.74) is -0.145. The van der Waals surface area contributed by atoms with Gasteiger partial charge in [0.2, 0.25) is 0 Å². The molecule has 66 valence electrons. The van der Waals surface area contributed by atoms with Gasteiger partial charge in [0.15, 0.2) is 0 Å². The smallest absolute Gasteiger partial charge is 0.0641 e. The van der Waals surface area contributed by atoms with Gasteiger partial charge in [0.25, 0.3) is 0 Å². The lowest BCUT2D eigenvalue weighted by atomic mass is 9.63. The Balaban J connectivity index is 2.54. The molecule has 0 aromatic rings. The summed E-state index contributed by atoms with van der Waals surface area (Å²) in [7, 11) is 0. The van der Waals surface area contributed by atoms with Crippen molar-refractivity contribution in [2.24, 2.45) is 11.3 Å². The molecule has 1 aliphatic carbocycles. The van der Waals surface area contributed by atoms with E-state index < -0.39 is 0 Å². The summed E-state index contributed by atoms with van der Waals surface area (Å²) in [6.07, 6.45) is 2.82. The molecule has 0 amide bonds. The average molecular weight is 158 g/mol. The minimum atomic E-state index is -0.318. The Bertz CT molecular complexity index is 122. The van der Waals surface area contributed by atoms with E-state index in [9.17, 15) is 5.11 Å². The molecule has 1 fully saturated rings. The third kappa shape index (κ3) is 1.42. The lowest BCUT2D eigenvalue weighted by molar-refractivity contribution is -0.0915. The van der Waals surface area contributed by atoms with Crippen LogP contribution in [-0.4, -0.2) is 22.9 Å². The second-order valence-electron chi connectivity index (χ2n) is 4.06. The van der Waals surface area contributed by atoms with E-state index in [1.807, 2.05) is 13.8 Å². The van der Waals surface area contributed by atoms with Crippen molar-refractivity contribution in [3.63, 3.8) is 0 Å². The first-order chi connectivity index (χ1) is 5.12. The Morgan fingerprint density at radius 2 is 1.91 bits per heavy atom. The van der Waals surface area contributed by atoms with E-state index in [-0.39, 0.29) is 24.0 Å². The van der Waals surface area contributed by atoms with Crippen LogP contribution < -0.4 is 0 Å². The van der Waals surface area contributed by atoms with Crippen molar-refractivity contribution in [1.82, 2.24) is 0 Å². The number of rotatable bonds is 3. The summed E-state index contributed by atoms with van der Waals surface area (Å²) < 4.78 is 0. The van der Waals surface area contributed by atoms with E-state index >= 15 is 0 Å². The molecule has 0 radical (unpaired) electrons. The van der Waals surface area contributed by atoms with Crippen LogP contribution in [0.4, 0.5) is 0 Å². The zero-order valence-electron chi connectivity index (χ0n) is 7.38. The van der Waals surface area contributed by atoms with Crippen LogP contribution in [0.25, 0.3) is 0 Å². The number of aliphatic hydroxyl groups is 2. The van der Waals surface area contributed by atoms with Crippen LogP contribution in [-0.2, 0) is 0 Å². The molecule has 11 heavy (non-hydrogen) atoms. The summed E-state index contributed by atoms with van der Waals surface area (Å²) in [6.45, 7) is 4.15. The van der Waals surface area contributed by atoms with Gasteiger partial charge in [-0.25, -0.2) is 0 Å². The van der Waals surface area contributed by atoms with Gasteiger partial charge in [-0.05, 0) is 18.8 Å². The molecule has 0 aromatic heterocycles. The fourth-order valence-electron chi connectivity index (χ4n) is 1.89. The monoisotopic (exact) mass is 158 g/mol. The minimum absolute atomic E-state index is 0.145. The van der Waals surface area contributed by atoms with Crippen molar-refractivity contribution in [2.45, 2.75) is 39.2 Å². The van der Waals surface area contributed by atoms with Crippen LogP contribution in [0.3, 0.4) is 0 Å². The van der Waals surface area contributed by atoms with E-state index in [2.05, 4.69) is 0 Å². The van der Waals surface area contributed by atoms with Gasteiger partial charge in [0.1, 0.15) is 0 Å². The Morgan fingerprint density at radius 1 is 1.36 bits per heavy atom. The highest BCUT2D eigenvalue weighted by Crippen LogP contribution is 2.45. The number of hydrogen-bond acceptors (Lipinski definition) is 2. The third-order valence-electron chi connectivity index (χ3n) is 2.92. The van der Waals surface area contributed by atoms with Crippen molar-refractivity contribution >= 4 is 0 Å². The highest BCUT2D eigenvalue weighted by molar-refractivity contribution is 4.94. The summed E-state index contributed by atoms with van der Waals surface area (Å²) in [4.78, 5) is 0. The van der Waals surface area contributed by atoms with Crippen LogP contribution in [0.1, 0.15) is 33.1 Å². The van der Waals surface area contributed by atoms with Gasteiger partial charge in [-0.1, -0.05) is 20.3 Å².